The van der Waals surface area contributed by atoms with Crippen molar-refractivity contribution in [3.63, 3.8) is 0 Å². The van der Waals surface area contributed by atoms with E-state index >= 15 is 0 Å². The molecule has 0 aliphatic heterocycles. The molecular formula is C20H13F3N6O4. The molecule has 0 aliphatic rings. The van der Waals surface area contributed by atoms with Crippen LogP contribution in [0.2, 0.25) is 0 Å². The number of anilines is 2. The second-order valence-electron chi connectivity index (χ2n) is 6.50. The highest BCUT2D eigenvalue weighted by molar-refractivity contribution is 6.00. The number of para-hydroxylation sites is 2. The first kappa shape index (κ1) is 21.5. The second kappa shape index (κ2) is 8.45. The van der Waals surface area contributed by atoms with Gasteiger partial charge in [0.05, 0.1) is 5.69 Å². The normalized spacial score (nSPS) is 11.2. The lowest BCUT2D eigenvalue weighted by atomic mass is 10.2. The summed E-state index contributed by atoms with van der Waals surface area (Å²) < 4.78 is 42.9. The molecule has 2 aromatic heterocycles. The first-order valence-electron chi connectivity index (χ1n) is 9.17. The smallest absolute Gasteiger partial charge is 0.476 e. The number of rotatable bonds is 5. The monoisotopic (exact) mass is 458 g/mol. The fraction of sp³-hybridized carbons (Fsp3) is 0.0500. The minimum absolute atomic E-state index is 0.0707. The van der Waals surface area contributed by atoms with Crippen LogP contribution in [0.5, 0.6) is 5.75 Å². The van der Waals surface area contributed by atoms with E-state index < -0.39 is 24.1 Å². The van der Waals surface area contributed by atoms with Crippen molar-refractivity contribution in [2.45, 2.75) is 6.36 Å². The molecule has 0 unspecified atom stereocenters. The third-order valence-electron chi connectivity index (χ3n) is 4.29. The summed E-state index contributed by atoms with van der Waals surface area (Å²) in [5.74, 6) is -1.44. The fourth-order valence-electron chi connectivity index (χ4n) is 2.94. The number of aromatic carboxylic acids is 1. The number of hydrogen-bond donors (Lipinski definition) is 3. The van der Waals surface area contributed by atoms with Crippen LogP contribution in [-0.2, 0) is 0 Å². The van der Waals surface area contributed by atoms with Crippen LogP contribution < -0.4 is 15.4 Å². The largest absolute Gasteiger partial charge is 0.573 e. The molecule has 0 radical (unpaired) electrons. The van der Waals surface area contributed by atoms with Gasteiger partial charge in [0.15, 0.2) is 22.9 Å². The van der Waals surface area contributed by atoms with E-state index in [4.69, 9.17) is 0 Å². The summed E-state index contributed by atoms with van der Waals surface area (Å²) in [6.45, 7) is 0. The van der Waals surface area contributed by atoms with Gasteiger partial charge < -0.3 is 20.5 Å². The Balaban J connectivity index is 1.49. The Morgan fingerprint density at radius 3 is 2.42 bits per heavy atom. The highest BCUT2D eigenvalue weighted by Crippen LogP contribution is 2.30. The molecule has 2 amide bonds. The number of fused-ring (bicyclic) bond motifs is 1. The Kier molecular flexibility index (Phi) is 5.52. The van der Waals surface area contributed by atoms with Gasteiger partial charge in [0.2, 0.25) is 0 Å². The minimum Gasteiger partial charge on any atom is -0.476 e. The van der Waals surface area contributed by atoms with Gasteiger partial charge in [-0.05, 0) is 36.4 Å². The molecule has 0 saturated heterocycles. The van der Waals surface area contributed by atoms with Crippen molar-refractivity contribution in [2.75, 3.05) is 10.6 Å². The minimum atomic E-state index is -4.91. The van der Waals surface area contributed by atoms with Gasteiger partial charge in [-0.15, -0.1) is 23.4 Å². The van der Waals surface area contributed by atoms with E-state index in [0.717, 1.165) is 6.07 Å². The number of hydrogen-bond acceptors (Lipinski definition) is 6. The molecule has 2 heterocycles. The SMILES string of the molecule is O=C(Nc1ccc(-c2nnc3c(C(=O)O)nccn23)cc1)Nc1ccccc1OC(F)(F)F. The number of carbonyl (C=O) groups excluding carboxylic acids is 1. The number of carboxylic acid groups (broad SMARTS) is 1. The molecule has 0 atom stereocenters. The maximum atomic E-state index is 12.5. The maximum absolute atomic E-state index is 12.5. The third-order valence-corrected chi connectivity index (χ3v) is 4.29. The number of halogens is 3. The highest BCUT2D eigenvalue weighted by Gasteiger charge is 2.32. The molecule has 0 spiro atoms. The Morgan fingerprint density at radius 2 is 1.73 bits per heavy atom. The molecule has 4 rings (SSSR count). The average Bonchev–Trinajstić information content (AvgIpc) is 3.19. The third kappa shape index (κ3) is 4.81. The second-order valence-corrected chi connectivity index (χ2v) is 6.50. The van der Waals surface area contributed by atoms with E-state index in [0.29, 0.717) is 17.1 Å². The molecule has 2 aromatic carbocycles. The van der Waals surface area contributed by atoms with Crippen molar-refractivity contribution in [3.05, 3.63) is 66.6 Å². The van der Waals surface area contributed by atoms with Crippen LogP contribution in [-0.4, -0.2) is 43.1 Å². The van der Waals surface area contributed by atoms with Crippen molar-refractivity contribution < 1.29 is 32.6 Å². The maximum Gasteiger partial charge on any atom is 0.573 e. The number of nitrogens with zero attached hydrogens (tertiary/aromatic N) is 4. The van der Waals surface area contributed by atoms with Gasteiger partial charge in [0.1, 0.15) is 0 Å². The number of carboxylic acids is 1. The van der Waals surface area contributed by atoms with Gasteiger partial charge in [0.25, 0.3) is 0 Å². The van der Waals surface area contributed by atoms with Crippen LogP contribution in [0, 0.1) is 0 Å². The molecular weight excluding hydrogens is 445 g/mol. The lowest BCUT2D eigenvalue weighted by molar-refractivity contribution is -0.274. The number of benzene rings is 2. The molecule has 168 valence electrons. The summed E-state index contributed by atoms with van der Waals surface area (Å²) >= 11 is 0. The molecule has 10 nitrogen and oxygen atoms in total. The number of carbonyl (C=O) groups is 2. The lowest BCUT2D eigenvalue weighted by Gasteiger charge is -2.14. The van der Waals surface area contributed by atoms with Crippen LogP contribution in [0.15, 0.2) is 60.9 Å². The van der Waals surface area contributed by atoms with Crippen molar-refractivity contribution in [3.8, 4) is 17.1 Å². The predicted molar refractivity (Wildman–Crippen MR) is 109 cm³/mol. The highest BCUT2D eigenvalue weighted by atomic mass is 19.4. The number of urea groups is 1. The first-order chi connectivity index (χ1) is 15.7. The van der Waals surface area contributed by atoms with Crippen LogP contribution in [0.3, 0.4) is 0 Å². The van der Waals surface area contributed by atoms with Gasteiger partial charge in [-0.1, -0.05) is 12.1 Å². The molecule has 4 aromatic rings. The van der Waals surface area contributed by atoms with Gasteiger partial charge in [-0.2, -0.15) is 0 Å². The van der Waals surface area contributed by atoms with Gasteiger partial charge in [0, 0.05) is 23.6 Å². The van der Waals surface area contributed by atoms with Gasteiger partial charge in [-0.25, -0.2) is 14.6 Å². The Bertz CT molecular complexity index is 1340. The zero-order valence-electron chi connectivity index (χ0n) is 16.4. The first-order valence-corrected chi connectivity index (χ1v) is 9.17. The summed E-state index contributed by atoms with van der Waals surface area (Å²) in [5, 5.41) is 21.9. The molecule has 13 heteroatoms. The summed E-state index contributed by atoms with van der Waals surface area (Å²) in [6.07, 6.45) is -2.08. The van der Waals surface area contributed by atoms with E-state index in [9.17, 15) is 27.9 Å². The van der Waals surface area contributed by atoms with Crippen LogP contribution in [0.25, 0.3) is 17.0 Å². The number of amides is 2. The Morgan fingerprint density at radius 1 is 1.00 bits per heavy atom. The molecule has 0 aliphatic carbocycles. The van der Waals surface area contributed by atoms with E-state index in [1.54, 1.807) is 12.1 Å². The van der Waals surface area contributed by atoms with Crippen molar-refractivity contribution in [1.82, 2.24) is 19.6 Å². The summed E-state index contributed by atoms with van der Waals surface area (Å²) in [6, 6.07) is 10.6. The molecule has 33 heavy (non-hydrogen) atoms. The van der Waals surface area contributed by atoms with Crippen LogP contribution >= 0.6 is 0 Å². The zero-order chi connectivity index (χ0) is 23.6. The number of nitrogens with one attached hydrogen (secondary N) is 2. The molecule has 0 saturated carbocycles. The summed E-state index contributed by atoms with van der Waals surface area (Å²) in [7, 11) is 0. The number of aromatic nitrogens is 4. The standard InChI is InChI=1S/C20H13F3N6O4/c21-20(22,23)33-14-4-2-1-3-13(14)26-19(32)25-12-7-5-11(6-8-12)16-27-28-17-15(18(30)31)24-9-10-29(16)17/h1-10H,(H,30,31)(H2,25,26,32). The fourth-order valence-corrected chi connectivity index (χ4v) is 2.94. The zero-order valence-corrected chi connectivity index (χ0v) is 16.4. The molecule has 0 bridgehead atoms. The van der Waals surface area contributed by atoms with E-state index in [1.807, 2.05) is 0 Å². The molecule has 3 N–H and O–H groups in total. The van der Waals surface area contributed by atoms with Crippen molar-refractivity contribution in [1.29, 1.82) is 0 Å². The van der Waals surface area contributed by atoms with Gasteiger partial charge in [-0.3, -0.25) is 4.40 Å². The Hall–Kier alpha value is -4.68. The van der Waals surface area contributed by atoms with E-state index in [1.165, 1.54) is 47.1 Å². The molecule has 0 fully saturated rings. The van der Waals surface area contributed by atoms with Crippen molar-refractivity contribution >= 4 is 29.0 Å². The lowest BCUT2D eigenvalue weighted by Crippen LogP contribution is -2.22. The summed E-state index contributed by atoms with van der Waals surface area (Å²) in [4.78, 5) is 27.3. The quantitative estimate of drug-likeness (QED) is 0.412. The summed E-state index contributed by atoms with van der Waals surface area (Å²) in [5.41, 5.74) is 0.566. The van der Waals surface area contributed by atoms with Crippen LogP contribution in [0.1, 0.15) is 10.5 Å². The average molecular weight is 458 g/mol. The van der Waals surface area contributed by atoms with E-state index in [2.05, 4.69) is 30.6 Å². The van der Waals surface area contributed by atoms with Gasteiger partial charge >= 0.3 is 18.4 Å². The topological polar surface area (TPSA) is 131 Å². The number of ether oxygens (including phenoxy) is 1. The Labute approximate surface area is 182 Å². The predicted octanol–water partition coefficient (Wildman–Crippen LogP) is 4.03. The van der Waals surface area contributed by atoms with E-state index in [-0.39, 0.29) is 17.0 Å². The van der Waals surface area contributed by atoms with Crippen molar-refractivity contribution in [2.24, 2.45) is 0 Å². The van der Waals surface area contributed by atoms with Crippen LogP contribution in [0.4, 0.5) is 29.3 Å². The number of alkyl halides is 3.